The molecule has 0 aromatic carbocycles. The Kier molecular flexibility index (Phi) is 4.73. The highest BCUT2D eigenvalue weighted by atomic mass is 32.2. The first kappa shape index (κ1) is 17.7. The van der Waals surface area contributed by atoms with Crippen molar-refractivity contribution < 1.29 is 27.4 Å². The van der Waals surface area contributed by atoms with Gasteiger partial charge in [-0.15, -0.1) is 17.8 Å². The van der Waals surface area contributed by atoms with Crippen molar-refractivity contribution in [1.29, 1.82) is 0 Å². The highest BCUT2D eigenvalue weighted by Gasteiger charge is 2.53. The highest BCUT2D eigenvalue weighted by Crippen LogP contribution is 2.23. The monoisotopic (exact) mass is 373 g/mol. The van der Waals surface area contributed by atoms with E-state index in [-0.39, 0.29) is 20.8 Å². The maximum atomic E-state index is 12.3. The van der Waals surface area contributed by atoms with E-state index in [1.807, 2.05) is 5.92 Å². The maximum absolute atomic E-state index is 12.3. The maximum Gasteiger partial charge on any atom is 0.363 e. The van der Waals surface area contributed by atoms with E-state index in [0.29, 0.717) is 0 Å². The van der Waals surface area contributed by atoms with Gasteiger partial charge < -0.3 is 15.9 Å². The Hall–Kier alpha value is -2.69. The Balaban J connectivity index is 2.21. The van der Waals surface area contributed by atoms with E-state index in [2.05, 4.69) is 20.3 Å². The van der Waals surface area contributed by atoms with Crippen LogP contribution in [0.4, 0.5) is 5.13 Å². The van der Waals surface area contributed by atoms with Gasteiger partial charge in [-0.2, -0.15) is 12.7 Å². The number of carbonyl (C=O) groups is 2. The van der Waals surface area contributed by atoms with Crippen LogP contribution in [0.2, 0.25) is 0 Å². The zero-order chi connectivity index (χ0) is 18.1. The van der Waals surface area contributed by atoms with Gasteiger partial charge in [-0.05, 0) is 0 Å². The van der Waals surface area contributed by atoms with Crippen molar-refractivity contribution in [2.45, 2.75) is 12.1 Å². The lowest BCUT2D eigenvalue weighted by molar-refractivity contribution is -0.142. The molecule has 2 amide bonds. The molecular formula is C11H11N5O6S2. The third kappa shape index (κ3) is 3.15. The average molecular weight is 373 g/mol. The predicted octanol–water partition coefficient (Wildman–Crippen LogP) is -1.79. The molecule has 1 aromatic heterocycles. The van der Waals surface area contributed by atoms with Crippen molar-refractivity contribution in [2.75, 3.05) is 12.8 Å². The van der Waals surface area contributed by atoms with Gasteiger partial charge in [0.25, 0.3) is 11.8 Å². The lowest BCUT2D eigenvalue weighted by atomic mass is 9.99. The Morgan fingerprint density at radius 2 is 2.33 bits per heavy atom. The third-order valence-corrected chi connectivity index (χ3v) is 4.50. The van der Waals surface area contributed by atoms with Crippen LogP contribution in [0, 0.1) is 12.3 Å². The second kappa shape index (κ2) is 6.43. The summed E-state index contributed by atoms with van der Waals surface area (Å²) in [5.74, 6) is 0.0461. The lowest BCUT2D eigenvalue weighted by Gasteiger charge is -2.41. The molecule has 0 spiro atoms. The number of carbonyl (C=O) groups excluding carboxylic acids is 2. The van der Waals surface area contributed by atoms with Gasteiger partial charge in [0, 0.05) is 5.38 Å². The molecule has 2 atom stereocenters. The van der Waals surface area contributed by atoms with Gasteiger partial charge in [0.05, 0.1) is 0 Å². The van der Waals surface area contributed by atoms with Crippen molar-refractivity contribution in [3.63, 3.8) is 0 Å². The number of rotatable bonds is 5. The van der Waals surface area contributed by atoms with Crippen molar-refractivity contribution in [2.24, 2.45) is 5.16 Å². The number of hydrogen-bond acceptors (Lipinski definition) is 9. The summed E-state index contributed by atoms with van der Waals surface area (Å²) in [7, 11) is -3.62. The molecule has 2 heterocycles. The Morgan fingerprint density at radius 3 is 2.79 bits per heavy atom. The van der Waals surface area contributed by atoms with E-state index >= 15 is 0 Å². The number of nitrogens with two attached hydrogens (primary N) is 1. The van der Waals surface area contributed by atoms with E-state index in [9.17, 15) is 18.0 Å². The fourth-order valence-electron chi connectivity index (χ4n) is 1.93. The number of β-lactam (4-membered cyclic amide) rings is 1. The quantitative estimate of drug-likeness (QED) is 0.179. The zero-order valence-corrected chi connectivity index (χ0v) is 13.7. The summed E-state index contributed by atoms with van der Waals surface area (Å²) in [5.41, 5.74) is 5.31. The molecule has 0 radical (unpaired) electrons. The molecule has 128 valence electrons. The van der Waals surface area contributed by atoms with Gasteiger partial charge in [0.1, 0.15) is 24.9 Å². The first-order chi connectivity index (χ1) is 11.2. The number of oxime groups is 1. The van der Waals surface area contributed by atoms with E-state index in [4.69, 9.17) is 16.7 Å². The van der Waals surface area contributed by atoms with Crippen molar-refractivity contribution in [3.05, 3.63) is 11.1 Å². The Labute approximate surface area is 140 Å². The third-order valence-electron chi connectivity index (χ3n) is 2.92. The molecule has 13 heteroatoms. The van der Waals surface area contributed by atoms with Gasteiger partial charge in [0.15, 0.2) is 10.8 Å². The second-order valence-corrected chi connectivity index (χ2v) is 6.55. The molecule has 0 bridgehead atoms. The summed E-state index contributed by atoms with van der Waals surface area (Å²) in [6.45, 7) is 0. The number of aromatic nitrogens is 1. The molecule has 11 nitrogen and oxygen atoms in total. The number of thiazole rings is 1. The molecule has 24 heavy (non-hydrogen) atoms. The number of nitrogen functional groups attached to an aromatic ring is 1. The van der Waals surface area contributed by atoms with Crippen LogP contribution in [0.1, 0.15) is 5.69 Å². The van der Waals surface area contributed by atoms with Gasteiger partial charge in [-0.25, -0.2) is 4.98 Å². The van der Waals surface area contributed by atoms with Crippen LogP contribution in [0.15, 0.2) is 10.5 Å². The van der Waals surface area contributed by atoms with Gasteiger partial charge >= 0.3 is 10.3 Å². The number of nitrogens with one attached hydrogen (secondary N) is 1. The van der Waals surface area contributed by atoms with E-state index in [0.717, 1.165) is 11.3 Å². The van der Waals surface area contributed by atoms with Crippen molar-refractivity contribution in [1.82, 2.24) is 14.6 Å². The normalized spacial score (nSPS) is 21.0. The summed E-state index contributed by atoms with van der Waals surface area (Å²) >= 11 is 1.05. The largest absolute Gasteiger partial charge is 0.398 e. The highest BCUT2D eigenvalue weighted by molar-refractivity contribution is 7.84. The minimum absolute atomic E-state index is 0.0892. The fraction of sp³-hybridized carbons (Fsp3) is 0.273. The van der Waals surface area contributed by atoms with Crippen molar-refractivity contribution in [3.8, 4) is 12.3 Å². The number of terminal acetylenes is 1. The average Bonchev–Trinajstić information content (AvgIpc) is 2.91. The van der Waals surface area contributed by atoms with Gasteiger partial charge in [-0.1, -0.05) is 11.1 Å². The van der Waals surface area contributed by atoms with Crippen molar-refractivity contribution >= 4 is 44.3 Å². The number of hydrogen-bond donors (Lipinski definition) is 3. The number of nitrogens with zero attached hydrogens (tertiary/aromatic N) is 3. The lowest BCUT2D eigenvalue weighted by Crippen LogP contribution is -2.71. The standard InChI is InChI=1S/C11H11N5O6S2/c1-3-6-8(10(18)16(6)24(19,20)21)14-9(17)7(15-22-2)5-4-23-11(12)13-5/h1,4,6,8H,2H3,(H2,12,13)(H,14,17)(H,19,20,21)/b15-7-/t6-,8+/m1/s1. The molecular weight excluding hydrogens is 362 g/mol. The number of amides is 2. The SMILES string of the molecule is C#C[C@@H]1[C@H](NC(=O)/C(=N\OC)c2csc(N)n2)C(=O)N1S(=O)(=O)O. The molecule has 0 saturated carbocycles. The summed E-state index contributed by atoms with van der Waals surface area (Å²) < 4.78 is 31.2. The molecule has 4 N–H and O–H groups in total. The van der Waals surface area contributed by atoms with E-state index in [1.54, 1.807) is 0 Å². The van der Waals surface area contributed by atoms with Crippen LogP contribution >= 0.6 is 11.3 Å². The molecule has 0 unspecified atom stereocenters. The molecule has 0 aliphatic carbocycles. The van der Waals surface area contributed by atoms with Crippen LogP contribution in [0.25, 0.3) is 0 Å². The molecule has 1 aromatic rings. The van der Waals surface area contributed by atoms with E-state index < -0.39 is 34.2 Å². The summed E-state index contributed by atoms with van der Waals surface area (Å²) in [6.07, 6.45) is 5.15. The first-order valence-corrected chi connectivity index (χ1v) is 8.38. The van der Waals surface area contributed by atoms with Crippen LogP contribution in [-0.4, -0.2) is 59.0 Å². The summed E-state index contributed by atoms with van der Waals surface area (Å²) in [4.78, 5) is 32.5. The summed E-state index contributed by atoms with van der Waals surface area (Å²) in [5, 5.41) is 7.36. The minimum Gasteiger partial charge on any atom is -0.398 e. The van der Waals surface area contributed by atoms with Crippen LogP contribution in [0.3, 0.4) is 0 Å². The molecule has 1 saturated heterocycles. The Morgan fingerprint density at radius 1 is 1.67 bits per heavy atom. The second-order valence-electron chi connectivity index (χ2n) is 4.37. The Bertz CT molecular complexity index is 855. The topological polar surface area (TPSA) is 164 Å². The van der Waals surface area contributed by atoms with Crippen LogP contribution < -0.4 is 11.1 Å². The minimum atomic E-state index is -4.82. The fourth-order valence-corrected chi connectivity index (χ4v) is 3.28. The molecule has 1 fully saturated rings. The molecule has 1 aliphatic rings. The van der Waals surface area contributed by atoms with Gasteiger partial charge in [-0.3, -0.25) is 14.1 Å². The smallest absolute Gasteiger partial charge is 0.363 e. The van der Waals surface area contributed by atoms with E-state index in [1.165, 1.54) is 12.5 Å². The van der Waals surface area contributed by atoms with Crippen LogP contribution in [0.5, 0.6) is 0 Å². The summed E-state index contributed by atoms with van der Waals surface area (Å²) in [6, 6.07) is -2.71. The van der Waals surface area contributed by atoms with Gasteiger partial charge in [0.2, 0.25) is 0 Å². The van der Waals surface area contributed by atoms with Crippen LogP contribution in [-0.2, 0) is 24.7 Å². The predicted molar refractivity (Wildman–Crippen MR) is 83.0 cm³/mol. The molecule has 2 rings (SSSR count). The first-order valence-electron chi connectivity index (χ1n) is 6.11. The number of anilines is 1. The molecule has 1 aliphatic heterocycles. The zero-order valence-electron chi connectivity index (χ0n) is 12.0.